The number of nitrogens with zero attached hydrogens (tertiary/aromatic N) is 1. The summed E-state index contributed by atoms with van der Waals surface area (Å²) in [5, 5.41) is 0.646. The van der Waals surface area contributed by atoms with Crippen LogP contribution in [0.1, 0.15) is 11.1 Å². The number of carbonyl (C=O) groups excluding carboxylic acids is 1. The molecule has 0 aromatic heterocycles. The molecule has 0 aliphatic rings. The zero-order valence-electron chi connectivity index (χ0n) is 11.7. The van der Waals surface area contributed by atoms with E-state index in [4.69, 9.17) is 0 Å². The Hall–Kier alpha value is -2.07. The molecule has 5 heteroatoms. The van der Waals surface area contributed by atoms with Crippen LogP contribution in [-0.2, 0) is 22.5 Å². The van der Waals surface area contributed by atoms with E-state index >= 15 is 0 Å². The van der Waals surface area contributed by atoms with Crippen LogP contribution in [0.4, 0.5) is 10.2 Å². The first-order valence-corrected chi connectivity index (χ1v) is 6.32. The average Bonchev–Trinajstić information content (AvgIpc) is 2.48. The first kappa shape index (κ1) is 17.0. The van der Waals surface area contributed by atoms with Gasteiger partial charge in [0.15, 0.2) is 0 Å². The van der Waals surface area contributed by atoms with Gasteiger partial charge in [0.25, 0.3) is 0 Å². The van der Waals surface area contributed by atoms with Crippen molar-refractivity contribution in [2.24, 2.45) is 0 Å². The molecule has 2 rings (SSSR count). The number of hydrogen-bond donors (Lipinski definition) is 0. The zero-order chi connectivity index (χ0) is 14.4. The molecular weight excluding hydrogens is 293 g/mol. The highest BCUT2D eigenvalue weighted by Gasteiger charge is 2.13. The molecule has 0 atom stereocenters. The standard InChI is InChI=1S/C16H16FNO2.ClH/c1-20-16(19)11-14-9-5-6-10-15(14)18(17)12-13-7-3-2-4-8-13;/h2-10H,11-12H2,1H3;1H. The molecule has 0 fully saturated rings. The van der Waals surface area contributed by atoms with E-state index in [0.717, 1.165) is 5.56 Å². The summed E-state index contributed by atoms with van der Waals surface area (Å²) in [7, 11) is 1.32. The Morgan fingerprint density at radius 1 is 1.10 bits per heavy atom. The van der Waals surface area contributed by atoms with E-state index in [0.29, 0.717) is 16.4 Å². The topological polar surface area (TPSA) is 29.5 Å². The van der Waals surface area contributed by atoms with Crippen molar-refractivity contribution < 1.29 is 14.0 Å². The number of benzene rings is 2. The van der Waals surface area contributed by atoms with E-state index in [1.54, 1.807) is 24.3 Å². The summed E-state index contributed by atoms with van der Waals surface area (Å²) in [5.41, 5.74) is 1.86. The lowest BCUT2D eigenvalue weighted by Gasteiger charge is -2.17. The van der Waals surface area contributed by atoms with Crippen LogP contribution < -0.4 is 5.12 Å². The maximum atomic E-state index is 14.3. The summed E-state index contributed by atoms with van der Waals surface area (Å²) in [5.74, 6) is -0.384. The number of anilines is 1. The van der Waals surface area contributed by atoms with Gasteiger partial charge in [0, 0.05) is 0 Å². The summed E-state index contributed by atoms with van der Waals surface area (Å²) >= 11 is 0. The van der Waals surface area contributed by atoms with Gasteiger partial charge >= 0.3 is 5.97 Å². The molecule has 112 valence electrons. The van der Waals surface area contributed by atoms with Crippen LogP contribution >= 0.6 is 12.4 Å². The molecule has 0 amide bonds. The van der Waals surface area contributed by atoms with Crippen LogP contribution in [-0.4, -0.2) is 13.1 Å². The highest BCUT2D eigenvalue weighted by Crippen LogP contribution is 2.23. The Labute approximate surface area is 129 Å². The summed E-state index contributed by atoms with van der Waals surface area (Å²) in [6, 6.07) is 16.2. The van der Waals surface area contributed by atoms with Gasteiger partial charge in [-0.2, -0.15) is 0 Å². The number of rotatable bonds is 5. The van der Waals surface area contributed by atoms with E-state index in [-0.39, 0.29) is 31.3 Å². The number of esters is 1. The molecule has 0 saturated heterocycles. The van der Waals surface area contributed by atoms with Crippen molar-refractivity contribution >= 4 is 24.1 Å². The molecule has 21 heavy (non-hydrogen) atoms. The van der Waals surface area contributed by atoms with Crippen molar-refractivity contribution in [1.29, 1.82) is 0 Å². The predicted octanol–water partition coefficient (Wildman–Crippen LogP) is 3.72. The fourth-order valence-electron chi connectivity index (χ4n) is 1.95. The van der Waals surface area contributed by atoms with E-state index in [1.807, 2.05) is 30.3 Å². The fourth-order valence-corrected chi connectivity index (χ4v) is 1.95. The van der Waals surface area contributed by atoms with E-state index in [1.165, 1.54) is 7.11 Å². The molecule has 0 bridgehead atoms. The van der Waals surface area contributed by atoms with Gasteiger partial charge in [-0.3, -0.25) is 4.79 Å². The first-order valence-electron chi connectivity index (χ1n) is 6.32. The first-order chi connectivity index (χ1) is 9.70. The van der Waals surface area contributed by atoms with Crippen LogP contribution in [0, 0.1) is 0 Å². The molecule has 0 unspecified atom stereocenters. The van der Waals surface area contributed by atoms with Gasteiger partial charge in [-0.25, -0.2) is 5.12 Å². The van der Waals surface area contributed by atoms with Crippen LogP contribution in [0.2, 0.25) is 0 Å². The summed E-state index contributed by atoms with van der Waals surface area (Å²) in [6.07, 6.45) is 0.0574. The molecular formula is C16H17ClFNO2. The second-order valence-corrected chi connectivity index (χ2v) is 4.39. The van der Waals surface area contributed by atoms with Crippen molar-refractivity contribution in [1.82, 2.24) is 0 Å². The van der Waals surface area contributed by atoms with Gasteiger partial charge in [0.2, 0.25) is 0 Å². The van der Waals surface area contributed by atoms with E-state index in [9.17, 15) is 9.28 Å². The third-order valence-corrected chi connectivity index (χ3v) is 2.98. The molecule has 0 aliphatic carbocycles. The maximum absolute atomic E-state index is 14.3. The molecule has 2 aromatic carbocycles. The van der Waals surface area contributed by atoms with Gasteiger partial charge < -0.3 is 4.74 Å². The highest BCUT2D eigenvalue weighted by molar-refractivity contribution is 5.85. The lowest BCUT2D eigenvalue weighted by molar-refractivity contribution is -0.139. The van der Waals surface area contributed by atoms with Gasteiger partial charge in [0.1, 0.15) is 0 Å². The Morgan fingerprint density at radius 2 is 1.71 bits per heavy atom. The lowest BCUT2D eigenvalue weighted by Crippen LogP contribution is -2.15. The maximum Gasteiger partial charge on any atom is 0.310 e. The lowest BCUT2D eigenvalue weighted by atomic mass is 10.1. The third-order valence-electron chi connectivity index (χ3n) is 2.98. The number of carbonyl (C=O) groups is 1. The minimum Gasteiger partial charge on any atom is -0.469 e. The van der Waals surface area contributed by atoms with Crippen molar-refractivity contribution in [2.45, 2.75) is 13.0 Å². The molecule has 0 saturated carbocycles. The Balaban J connectivity index is 0.00000220. The van der Waals surface area contributed by atoms with Crippen LogP contribution in [0.25, 0.3) is 0 Å². The molecule has 0 heterocycles. The summed E-state index contributed by atoms with van der Waals surface area (Å²) in [6.45, 7) is 0.138. The molecule has 0 radical (unpaired) electrons. The van der Waals surface area contributed by atoms with E-state index in [2.05, 4.69) is 4.74 Å². The smallest absolute Gasteiger partial charge is 0.310 e. The third kappa shape index (κ3) is 4.76. The molecule has 0 aliphatic heterocycles. The number of ether oxygens (including phenoxy) is 1. The second kappa shape index (κ2) is 8.27. The van der Waals surface area contributed by atoms with Gasteiger partial charge in [0.05, 0.1) is 25.8 Å². The summed E-state index contributed by atoms with van der Waals surface area (Å²) in [4.78, 5) is 11.4. The molecule has 0 spiro atoms. The van der Waals surface area contributed by atoms with Crippen molar-refractivity contribution in [3.63, 3.8) is 0 Å². The number of methoxy groups -OCH3 is 1. The minimum absolute atomic E-state index is 0. The van der Waals surface area contributed by atoms with Gasteiger partial charge in [-0.1, -0.05) is 53.0 Å². The molecule has 2 aromatic rings. The number of halogens is 2. The quantitative estimate of drug-likeness (QED) is 0.623. The van der Waals surface area contributed by atoms with Gasteiger partial charge in [-0.05, 0) is 17.2 Å². The Kier molecular flexibility index (Phi) is 6.69. The normalized spacial score (nSPS) is 9.62. The molecule has 0 N–H and O–H groups in total. The highest BCUT2D eigenvalue weighted by atomic mass is 35.5. The van der Waals surface area contributed by atoms with Crippen molar-refractivity contribution in [3.05, 3.63) is 65.7 Å². The van der Waals surface area contributed by atoms with Crippen LogP contribution in [0.15, 0.2) is 54.6 Å². The predicted molar refractivity (Wildman–Crippen MR) is 83.1 cm³/mol. The Morgan fingerprint density at radius 3 is 2.38 bits per heavy atom. The van der Waals surface area contributed by atoms with Crippen LogP contribution in [0.3, 0.4) is 0 Å². The minimum atomic E-state index is -0.384. The van der Waals surface area contributed by atoms with Gasteiger partial charge in [-0.15, -0.1) is 12.4 Å². The molecule has 3 nitrogen and oxygen atoms in total. The Bertz CT molecular complexity index is 577. The largest absolute Gasteiger partial charge is 0.469 e. The van der Waals surface area contributed by atoms with Crippen LogP contribution in [0.5, 0.6) is 0 Å². The second-order valence-electron chi connectivity index (χ2n) is 4.39. The van der Waals surface area contributed by atoms with Crippen molar-refractivity contribution in [2.75, 3.05) is 12.2 Å². The number of para-hydroxylation sites is 1. The summed E-state index contributed by atoms with van der Waals surface area (Å²) < 4.78 is 18.9. The van der Waals surface area contributed by atoms with E-state index < -0.39 is 0 Å². The zero-order valence-corrected chi connectivity index (χ0v) is 12.5. The fraction of sp³-hybridized carbons (Fsp3) is 0.188. The SMILES string of the molecule is COC(=O)Cc1ccccc1N(F)Cc1ccccc1.Cl. The average molecular weight is 310 g/mol. The number of hydrogen-bond acceptors (Lipinski definition) is 3. The monoisotopic (exact) mass is 309 g/mol. The van der Waals surface area contributed by atoms with Crippen molar-refractivity contribution in [3.8, 4) is 0 Å².